The number of carbonyl (C=O) groups is 1. The van der Waals surface area contributed by atoms with Crippen LogP contribution < -0.4 is 11.1 Å². The van der Waals surface area contributed by atoms with Crippen molar-refractivity contribution in [3.63, 3.8) is 0 Å². The van der Waals surface area contributed by atoms with Gasteiger partial charge in [0.1, 0.15) is 9.84 Å². The van der Waals surface area contributed by atoms with Gasteiger partial charge in [-0.25, -0.2) is 8.42 Å². The average Bonchev–Trinajstić information content (AvgIpc) is 2.45. The number of sulfone groups is 1. The molecule has 2 atom stereocenters. The zero-order valence-electron chi connectivity index (χ0n) is 14.0. The predicted octanol–water partition coefficient (Wildman–Crippen LogP) is 1.24. The van der Waals surface area contributed by atoms with Gasteiger partial charge in [0, 0.05) is 17.8 Å². The molecule has 6 nitrogen and oxygen atoms in total. The maximum Gasteiger partial charge on any atom is 0.237 e. The largest absolute Gasteiger partial charge is 0.353 e. The van der Waals surface area contributed by atoms with E-state index < -0.39 is 15.9 Å². The van der Waals surface area contributed by atoms with Gasteiger partial charge in [-0.3, -0.25) is 4.79 Å². The Bertz CT molecular complexity index is 639. The standard InChI is InChI=1S/C15H24ClN3O3S.ClH/c1-19(2)14(11-6-4-5-7-12(11)16)10-18-15(20)13(17)8-9-23(3,21)22;/h4-7,13-14H,8-10,17H2,1-3H3,(H,18,20);1H. The van der Waals surface area contributed by atoms with E-state index in [9.17, 15) is 13.2 Å². The van der Waals surface area contributed by atoms with Crippen LogP contribution in [0.5, 0.6) is 0 Å². The topological polar surface area (TPSA) is 92.5 Å². The van der Waals surface area contributed by atoms with Crippen molar-refractivity contribution in [1.82, 2.24) is 10.2 Å². The van der Waals surface area contributed by atoms with Crippen molar-refractivity contribution in [2.75, 3.05) is 32.6 Å². The molecule has 0 aliphatic carbocycles. The molecule has 0 radical (unpaired) electrons. The van der Waals surface area contributed by atoms with Crippen molar-refractivity contribution in [1.29, 1.82) is 0 Å². The van der Waals surface area contributed by atoms with Gasteiger partial charge in [0.15, 0.2) is 0 Å². The number of amides is 1. The molecule has 138 valence electrons. The Morgan fingerprint density at radius 1 is 1.33 bits per heavy atom. The number of nitrogens with two attached hydrogens (primary N) is 1. The number of hydrogen-bond donors (Lipinski definition) is 2. The summed E-state index contributed by atoms with van der Waals surface area (Å²) in [5.41, 5.74) is 6.65. The van der Waals surface area contributed by atoms with Crippen LogP contribution in [0.4, 0.5) is 0 Å². The van der Waals surface area contributed by atoms with E-state index in [2.05, 4.69) is 5.32 Å². The lowest BCUT2D eigenvalue weighted by molar-refractivity contribution is -0.122. The SMILES string of the molecule is CN(C)C(CNC(=O)C(N)CCS(C)(=O)=O)c1ccccc1Cl.Cl. The van der Waals surface area contributed by atoms with Gasteiger partial charge in [-0.05, 0) is 32.1 Å². The van der Waals surface area contributed by atoms with Crippen LogP contribution >= 0.6 is 24.0 Å². The molecule has 0 aliphatic heterocycles. The van der Waals surface area contributed by atoms with E-state index in [1.165, 1.54) is 0 Å². The monoisotopic (exact) mass is 397 g/mol. The summed E-state index contributed by atoms with van der Waals surface area (Å²) in [6.45, 7) is 0.335. The van der Waals surface area contributed by atoms with Crippen molar-refractivity contribution >= 4 is 39.8 Å². The fourth-order valence-electron chi connectivity index (χ4n) is 2.12. The van der Waals surface area contributed by atoms with E-state index in [1.54, 1.807) is 6.07 Å². The molecule has 1 rings (SSSR count). The van der Waals surface area contributed by atoms with Crippen LogP contribution in [-0.4, -0.2) is 57.9 Å². The van der Waals surface area contributed by atoms with Gasteiger partial charge in [-0.1, -0.05) is 29.8 Å². The number of rotatable bonds is 8. The van der Waals surface area contributed by atoms with Crippen molar-refractivity contribution in [3.05, 3.63) is 34.9 Å². The zero-order valence-corrected chi connectivity index (χ0v) is 16.4. The summed E-state index contributed by atoms with van der Waals surface area (Å²) in [7, 11) is 0.653. The Morgan fingerprint density at radius 3 is 2.42 bits per heavy atom. The molecule has 0 bridgehead atoms. The third-order valence-electron chi connectivity index (χ3n) is 3.49. The van der Waals surface area contributed by atoms with Gasteiger partial charge in [-0.15, -0.1) is 12.4 Å². The Balaban J connectivity index is 0.00000529. The summed E-state index contributed by atoms with van der Waals surface area (Å²) in [6, 6.07) is 6.49. The summed E-state index contributed by atoms with van der Waals surface area (Å²) < 4.78 is 22.3. The molecule has 0 spiro atoms. The van der Waals surface area contributed by atoms with Gasteiger partial charge >= 0.3 is 0 Å². The molecule has 0 saturated carbocycles. The van der Waals surface area contributed by atoms with Crippen LogP contribution in [0.3, 0.4) is 0 Å². The van der Waals surface area contributed by atoms with E-state index in [0.717, 1.165) is 11.8 Å². The van der Waals surface area contributed by atoms with Gasteiger partial charge in [0.05, 0.1) is 17.8 Å². The van der Waals surface area contributed by atoms with Crippen molar-refractivity contribution in [2.24, 2.45) is 5.73 Å². The fraction of sp³-hybridized carbons (Fsp3) is 0.533. The van der Waals surface area contributed by atoms with Crippen LogP contribution in [0.25, 0.3) is 0 Å². The first-order valence-electron chi connectivity index (χ1n) is 7.23. The highest BCUT2D eigenvalue weighted by Gasteiger charge is 2.20. The Hall–Kier alpha value is -0.860. The molecule has 1 aromatic carbocycles. The number of likely N-dealkylation sites (N-methyl/N-ethyl adjacent to an activating group) is 1. The second-order valence-corrected chi connectivity index (χ2v) is 8.44. The number of nitrogens with zero attached hydrogens (tertiary/aromatic N) is 1. The van der Waals surface area contributed by atoms with Crippen LogP contribution in [0.15, 0.2) is 24.3 Å². The van der Waals surface area contributed by atoms with E-state index in [1.807, 2.05) is 37.2 Å². The first-order valence-corrected chi connectivity index (χ1v) is 9.67. The van der Waals surface area contributed by atoms with Crippen molar-refractivity contribution < 1.29 is 13.2 Å². The lowest BCUT2D eigenvalue weighted by atomic mass is 10.1. The van der Waals surface area contributed by atoms with E-state index >= 15 is 0 Å². The van der Waals surface area contributed by atoms with Crippen LogP contribution in [-0.2, 0) is 14.6 Å². The average molecular weight is 398 g/mol. The molecule has 0 aromatic heterocycles. The number of halogens is 2. The Kier molecular flexibility index (Phi) is 9.84. The maximum absolute atomic E-state index is 12.0. The molecule has 3 N–H and O–H groups in total. The summed E-state index contributed by atoms with van der Waals surface area (Å²) in [4.78, 5) is 14.0. The number of benzene rings is 1. The lowest BCUT2D eigenvalue weighted by Crippen LogP contribution is -2.44. The van der Waals surface area contributed by atoms with Crippen molar-refractivity contribution in [3.8, 4) is 0 Å². The van der Waals surface area contributed by atoms with Crippen LogP contribution in [0.1, 0.15) is 18.0 Å². The molecular weight excluding hydrogens is 373 g/mol. The minimum atomic E-state index is -3.13. The number of carbonyl (C=O) groups excluding carboxylic acids is 1. The number of hydrogen-bond acceptors (Lipinski definition) is 5. The second-order valence-electron chi connectivity index (χ2n) is 5.77. The molecule has 2 unspecified atom stereocenters. The number of nitrogens with one attached hydrogen (secondary N) is 1. The fourth-order valence-corrected chi connectivity index (χ4v) is 3.06. The zero-order chi connectivity index (χ0) is 17.6. The van der Waals surface area contributed by atoms with E-state index in [-0.39, 0.29) is 36.5 Å². The highest BCUT2D eigenvalue weighted by Crippen LogP contribution is 2.25. The molecule has 24 heavy (non-hydrogen) atoms. The molecule has 0 fully saturated rings. The normalized spacial score (nSPS) is 13.9. The highest BCUT2D eigenvalue weighted by atomic mass is 35.5. The van der Waals surface area contributed by atoms with E-state index in [4.69, 9.17) is 17.3 Å². The summed E-state index contributed by atoms with van der Waals surface area (Å²) in [5, 5.41) is 3.39. The predicted molar refractivity (Wildman–Crippen MR) is 100 cm³/mol. The molecule has 0 saturated heterocycles. The molecule has 1 amide bonds. The minimum absolute atomic E-state index is 0. The van der Waals surface area contributed by atoms with Crippen LogP contribution in [0.2, 0.25) is 5.02 Å². The molecular formula is C15H25Cl2N3O3S. The first-order chi connectivity index (χ1) is 10.6. The van der Waals surface area contributed by atoms with Crippen molar-refractivity contribution in [2.45, 2.75) is 18.5 Å². The van der Waals surface area contributed by atoms with E-state index in [0.29, 0.717) is 11.6 Å². The third-order valence-corrected chi connectivity index (χ3v) is 4.82. The highest BCUT2D eigenvalue weighted by molar-refractivity contribution is 7.90. The Morgan fingerprint density at radius 2 is 1.92 bits per heavy atom. The van der Waals surface area contributed by atoms with Gasteiger partial charge in [-0.2, -0.15) is 0 Å². The first kappa shape index (κ1) is 23.1. The van der Waals surface area contributed by atoms with Gasteiger partial charge in [0.25, 0.3) is 0 Å². The molecule has 0 heterocycles. The molecule has 0 aliphatic rings. The smallest absolute Gasteiger partial charge is 0.237 e. The lowest BCUT2D eigenvalue weighted by Gasteiger charge is -2.26. The summed E-state index contributed by atoms with van der Waals surface area (Å²) >= 11 is 6.21. The minimum Gasteiger partial charge on any atom is -0.353 e. The summed E-state index contributed by atoms with van der Waals surface area (Å²) in [6.07, 6.45) is 1.22. The Labute approximate surface area is 155 Å². The third kappa shape index (κ3) is 7.81. The second kappa shape index (κ2) is 10.2. The summed E-state index contributed by atoms with van der Waals surface area (Å²) in [5.74, 6) is -0.476. The molecule has 1 aromatic rings. The van der Waals surface area contributed by atoms with Gasteiger partial charge in [0.2, 0.25) is 5.91 Å². The maximum atomic E-state index is 12.0. The van der Waals surface area contributed by atoms with Crippen LogP contribution in [0, 0.1) is 0 Å². The quantitative estimate of drug-likeness (QED) is 0.688. The van der Waals surface area contributed by atoms with Gasteiger partial charge < -0.3 is 16.0 Å². The molecule has 9 heteroatoms.